The monoisotopic (exact) mass is 300 g/mol. The molecular weight excluding hydrogens is 282 g/mol. The first-order valence-corrected chi connectivity index (χ1v) is 6.32. The molecule has 0 aromatic heterocycles. The highest BCUT2D eigenvalue weighted by Crippen LogP contribution is 2.14. The van der Waals surface area contributed by atoms with E-state index in [1.54, 1.807) is 20.8 Å². The van der Waals surface area contributed by atoms with Crippen LogP contribution in [0, 0.1) is 11.6 Å². The van der Waals surface area contributed by atoms with Crippen molar-refractivity contribution in [2.45, 2.75) is 32.9 Å². The van der Waals surface area contributed by atoms with E-state index in [9.17, 15) is 18.4 Å². The lowest BCUT2D eigenvalue weighted by atomic mass is 10.1. The Balaban J connectivity index is 2.78. The number of hydrogen-bond acceptors (Lipinski definition) is 2. The topological polar surface area (TPSA) is 69.6 Å². The predicted molar refractivity (Wildman–Crippen MR) is 72.7 cm³/mol. The fraction of sp³-hybridized carbons (Fsp3) is 0.429. The van der Waals surface area contributed by atoms with Crippen molar-refractivity contribution in [1.82, 2.24) is 10.2 Å². The molecule has 5 nitrogen and oxygen atoms in total. The zero-order valence-corrected chi connectivity index (χ0v) is 12.1. The largest absolute Gasteiger partial charge is 0.480 e. The van der Waals surface area contributed by atoms with Crippen molar-refractivity contribution in [3.8, 4) is 0 Å². The van der Waals surface area contributed by atoms with E-state index in [2.05, 4.69) is 5.32 Å². The van der Waals surface area contributed by atoms with Crippen LogP contribution in [0.4, 0.5) is 13.6 Å². The minimum absolute atomic E-state index is 0.00691. The fourth-order valence-corrected chi connectivity index (χ4v) is 1.69. The van der Waals surface area contributed by atoms with Crippen LogP contribution in [0.5, 0.6) is 0 Å². The maximum atomic E-state index is 13.4. The standard InChI is InChI=1S/C14H18F2N2O3/c1-14(2,3)18(8-12(19)20)13(21)17-7-9-6-10(15)4-5-11(9)16/h4-6H,7-8H2,1-3H3,(H,17,21)(H,19,20). The average molecular weight is 300 g/mol. The van der Waals surface area contributed by atoms with Crippen molar-refractivity contribution in [2.75, 3.05) is 6.54 Å². The third-order valence-electron chi connectivity index (χ3n) is 2.79. The minimum Gasteiger partial charge on any atom is -0.480 e. The Morgan fingerprint density at radius 3 is 2.43 bits per heavy atom. The van der Waals surface area contributed by atoms with E-state index in [0.29, 0.717) is 0 Å². The summed E-state index contributed by atoms with van der Waals surface area (Å²) in [4.78, 5) is 23.9. The van der Waals surface area contributed by atoms with E-state index >= 15 is 0 Å². The summed E-state index contributed by atoms with van der Waals surface area (Å²) in [7, 11) is 0. The first-order valence-electron chi connectivity index (χ1n) is 6.32. The van der Waals surface area contributed by atoms with Gasteiger partial charge in [-0.2, -0.15) is 0 Å². The maximum absolute atomic E-state index is 13.4. The number of benzene rings is 1. The van der Waals surface area contributed by atoms with E-state index in [4.69, 9.17) is 5.11 Å². The summed E-state index contributed by atoms with van der Waals surface area (Å²) < 4.78 is 26.5. The Morgan fingerprint density at radius 2 is 1.90 bits per heavy atom. The quantitative estimate of drug-likeness (QED) is 0.897. The Kier molecular flexibility index (Phi) is 5.23. The normalized spacial score (nSPS) is 11.1. The second kappa shape index (κ2) is 6.51. The van der Waals surface area contributed by atoms with E-state index in [1.165, 1.54) is 0 Å². The molecule has 0 atom stereocenters. The molecule has 0 spiro atoms. The van der Waals surface area contributed by atoms with Crippen LogP contribution >= 0.6 is 0 Å². The lowest BCUT2D eigenvalue weighted by molar-refractivity contribution is -0.138. The van der Waals surface area contributed by atoms with Crippen molar-refractivity contribution < 1.29 is 23.5 Å². The molecule has 0 saturated heterocycles. The summed E-state index contributed by atoms with van der Waals surface area (Å²) in [6, 6.07) is 2.27. The van der Waals surface area contributed by atoms with Crippen LogP contribution in [0.2, 0.25) is 0 Å². The molecule has 1 rings (SSSR count). The highest BCUT2D eigenvalue weighted by atomic mass is 19.1. The molecule has 0 aliphatic carbocycles. The predicted octanol–water partition coefficient (Wildman–Crippen LogP) is 2.36. The van der Waals surface area contributed by atoms with Gasteiger partial charge in [-0.1, -0.05) is 0 Å². The summed E-state index contributed by atoms with van der Waals surface area (Å²) in [5, 5.41) is 11.2. The summed E-state index contributed by atoms with van der Waals surface area (Å²) in [6.45, 7) is 4.32. The van der Waals surface area contributed by atoms with Crippen molar-refractivity contribution in [3.05, 3.63) is 35.4 Å². The third-order valence-corrected chi connectivity index (χ3v) is 2.79. The van der Waals surface area contributed by atoms with Gasteiger partial charge in [-0.3, -0.25) is 4.79 Å². The van der Waals surface area contributed by atoms with Crippen molar-refractivity contribution in [3.63, 3.8) is 0 Å². The van der Waals surface area contributed by atoms with Gasteiger partial charge >= 0.3 is 12.0 Å². The fourth-order valence-electron chi connectivity index (χ4n) is 1.69. The van der Waals surface area contributed by atoms with Crippen LogP contribution in [-0.2, 0) is 11.3 Å². The Labute approximate surface area is 121 Å². The number of amides is 2. The molecule has 116 valence electrons. The van der Waals surface area contributed by atoms with Crippen LogP contribution in [0.25, 0.3) is 0 Å². The van der Waals surface area contributed by atoms with Gasteiger partial charge in [0.15, 0.2) is 0 Å². The molecule has 0 unspecified atom stereocenters. The van der Waals surface area contributed by atoms with Gasteiger partial charge in [0.05, 0.1) is 0 Å². The molecule has 0 aliphatic heterocycles. The molecule has 21 heavy (non-hydrogen) atoms. The maximum Gasteiger partial charge on any atom is 0.323 e. The molecule has 7 heteroatoms. The van der Waals surface area contributed by atoms with Crippen LogP contribution in [-0.4, -0.2) is 34.1 Å². The van der Waals surface area contributed by atoms with E-state index in [-0.39, 0.29) is 12.1 Å². The van der Waals surface area contributed by atoms with Gasteiger partial charge in [0.25, 0.3) is 0 Å². The number of rotatable bonds is 4. The van der Waals surface area contributed by atoms with Gasteiger partial charge in [0, 0.05) is 17.6 Å². The molecular formula is C14H18F2N2O3. The molecule has 0 radical (unpaired) electrons. The zero-order chi connectivity index (χ0) is 16.2. The SMILES string of the molecule is CC(C)(C)N(CC(=O)O)C(=O)NCc1cc(F)ccc1F. The molecule has 1 aromatic carbocycles. The molecule has 0 aliphatic rings. The van der Waals surface area contributed by atoms with Gasteiger partial charge in [0.2, 0.25) is 0 Å². The van der Waals surface area contributed by atoms with E-state index in [0.717, 1.165) is 23.1 Å². The van der Waals surface area contributed by atoms with Gasteiger partial charge in [-0.25, -0.2) is 13.6 Å². The summed E-state index contributed by atoms with van der Waals surface area (Å²) >= 11 is 0. The molecule has 0 fully saturated rings. The second-order valence-corrected chi connectivity index (χ2v) is 5.55. The number of aliphatic carboxylic acids is 1. The van der Waals surface area contributed by atoms with Crippen LogP contribution in [0.15, 0.2) is 18.2 Å². The first-order chi connectivity index (χ1) is 9.61. The van der Waals surface area contributed by atoms with Gasteiger partial charge in [-0.15, -0.1) is 0 Å². The van der Waals surface area contributed by atoms with E-state index in [1.807, 2.05) is 0 Å². The number of halogens is 2. The minimum atomic E-state index is -1.16. The van der Waals surface area contributed by atoms with Crippen LogP contribution < -0.4 is 5.32 Å². The lowest BCUT2D eigenvalue weighted by Crippen LogP contribution is -2.52. The highest BCUT2D eigenvalue weighted by molar-refractivity contribution is 5.80. The van der Waals surface area contributed by atoms with Crippen molar-refractivity contribution >= 4 is 12.0 Å². The zero-order valence-electron chi connectivity index (χ0n) is 12.1. The second-order valence-electron chi connectivity index (χ2n) is 5.55. The van der Waals surface area contributed by atoms with Gasteiger partial charge in [0.1, 0.15) is 18.2 Å². The third kappa shape index (κ3) is 5.02. The van der Waals surface area contributed by atoms with Gasteiger partial charge in [-0.05, 0) is 39.0 Å². The molecule has 2 amide bonds. The number of carbonyl (C=O) groups excluding carboxylic acids is 1. The first kappa shape index (κ1) is 16.9. The van der Waals surface area contributed by atoms with Crippen LogP contribution in [0.1, 0.15) is 26.3 Å². The van der Waals surface area contributed by atoms with Crippen LogP contribution in [0.3, 0.4) is 0 Å². The van der Waals surface area contributed by atoms with Crippen molar-refractivity contribution in [2.24, 2.45) is 0 Å². The number of carboxylic acid groups (broad SMARTS) is 1. The summed E-state index contributed by atoms with van der Waals surface area (Å²) in [5.41, 5.74) is -0.726. The molecule has 0 bridgehead atoms. The number of carbonyl (C=O) groups is 2. The number of carboxylic acids is 1. The smallest absolute Gasteiger partial charge is 0.323 e. The summed E-state index contributed by atoms with van der Waals surface area (Å²) in [6.07, 6.45) is 0. The molecule has 1 aromatic rings. The lowest BCUT2D eigenvalue weighted by Gasteiger charge is -2.34. The molecule has 0 heterocycles. The highest BCUT2D eigenvalue weighted by Gasteiger charge is 2.28. The Bertz CT molecular complexity index is 542. The number of nitrogens with one attached hydrogen (secondary N) is 1. The number of urea groups is 1. The Morgan fingerprint density at radius 1 is 1.29 bits per heavy atom. The number of nitrogens with zero attached hydrogens (tertiary/aromatic N) is 1. The number of hydrogen-bond donors (Lipinski definition) is 2. The molecule has 0 saturated carbocycles. The Hall–Kier alpha value is -2.18. The summed E-state index contributed by atoms with van der Waals surface area (Å²) in [5.74, 6) is -2.41. The van der Waals surface area contributed by atoms with Gasteiger partial charge < -0.3 is 15.3 Å². The van der Waals surface area contributed by atoms with Crippen molar-refractivity contribution in [1.29, 1.82) is 0 Å². The van der Waals surface area contributed by atoms with E-state index < -0.39 is 35.7 Å². The average Bonchev–Trinajstić information content (AvgIpc) is 2.35. The molecule has 2 N–H and O–H groups in total.